The quantitative estimate of drug-likeness (QED) is 0.140. The van der Waals surface area contributed by atoms with E-state index >= 15 is 0 Å². The van der Waals surface area contributed by atoms with Gasteiger partial charge in [-0.05, 0) is 67.1 Å². The van der Waals surface area contributed by atoms with Crippen molar-refractivity contribution in [1.82, 2.24) is 5.43 Å². The third-order valence-electron chi connectivity index (χ3n) is 5.69. The van der Waals surface area contributed by atoms with Crippen LogP contribution in [0.3, 0.4) is 0 Å². The van der Waals surface area contributed by atoms with E-state index in [4.69, 9.17) is 23.7 Å². The summed E-state index contributed by atoms with van der Waals surface area (Å²) < 4.78 is 27.2. The highest BCUT2D eigenvalue weighted by Gasteiger charge is 2.20. The number of anilines is 1. The van der Waals surface area contributed by atoms with E-state index in [9.17, 15) is 14.4 Å². The number of ether oxygens (including phenoxy) is 5. The summed E-state index contributed by atoms with van der Waals surface area (Å²) in [5.74, 6) is 0.122. The number of esters is 1. The zero-order valence-electron chi connectivity index (χ0n) is 23.8. The Morgan fingerprint density at radius 2 is 1.49 bits per heavy atom. The van der Waals surface area contributed by atoms with Gasteiger partial charge in [0, 0.05) is 17.2 Å². The number of rotatable bonds is 12. The van der Waals surface area contributed by atoms with E-state index in [1.807, 2.05) is 0 Å². The van der Waals surface area contributed by atoms with Crippen molar-refractivity contribution in [3.63, 3.8) is 0 Å². The lowest BCUT2D eigenvalue weighted by atomic mass is 10.1. The monoisotopic (exact) mass is 563 g/mol. The van der Waals surface area contributed by atoms with Crippen LogP contribution in [-0.2, 0) is 4.79 Å². The average Bonchev–Trinajstić information content (AvgIpc) is 2.97. The van der Waals surface area contributed by atoms with E-state index in [1.54, 1.807) is 63.2 Å². The molecule has 0 aromatic heterocycles. The fourth-order valence-corrected chi connectivity index (χ4v) is 3.54. The van der Waals surface area contributed by atoms with Crippen molar-refractivity contribution in [3.05, 3.63) is 71.3 Å². The van der Waals surface area contributed by atoms with Gasteiger partial charge in [-0.2, -0.15) is 5.10 Å². The van der Waals surface area contributed by atoms with Crippen LogP contribution in [0.25, 0.3) is 0 Å². The van der Waals surface area contributed by atoms with Crippen LogP contribution in [0.2, 0.25) is 0 Å². The van der Waals surface area contributed by atoms with Gasteiger partial charge in [-0.25, -0.2) is 10.2 Å². The molecule has 11 nitrogen and oxygen atoms in total. The minimum absolute atomic E-state index is 0.111. The second-order valence-corrected chi connectivity index (χ2v) is 8.86. The van der Waals surface area contributed by atoms with Crippen LogP contribution < -0.4 is 34.4 Å². The van der Waals surface area contributed by atoms with E-state index in [2.05, 4.69) is 15.8 Å². The van der Waals surface area contributed by atoms with Crippen LogP contribution in [0.4, 0.5) is 5.69 Å². The van der Waals surface area contributed by atoms with Crippen molar-refractivity contribution in [2.75, 3.05) is 33.3 Å². The molecule has 0 spiro atoms. The van der Waals surface area contributed by atoms with Gasteiger partial charge in [0.15, 0.2) is 23.0 Å². The molecule has 0 unspecified atom stereocenters. The fraction of sp³-hybridized carbons (Fsp3) is 0.267. The first-order valence-corrected chi connectivity index (χ1v) is 12.7. The van der Waals surface area contributed by atoms with E-state index in [0.717, 1.165) is 0 Å². The number of carbonyl (C=O) groups is 3. The highest BCUT2D eigenvalue weighted by molar-refractivity contribution is 5.97. The highest BCUT2D eigenvalue weighted by atomic mass is 16.6. The number of carbonyl (C=O) groups excluding carboxylic acids is 3. The van der Waals surface area contributed by atoms with Gasteiger partial charge in [-0.3, -0.25) is 9.59 Å². The number of methoxy groups -OCH3 is 3. The number of hydrazone groups is 1. The minimum Gasteiger partial charge on any atom is -0.493 e. The molecule has 2 amide bonds. The molecule has 0 atom stereocenters. The molecule has 0 radical (unpaired) electrons. The predicted molar refractivity (Wildman–Crippen MR) is 154 cm³/mol. The normalized spacial score (nSPS) is 10.7. The van der Waals surface area contributed by atoms with Crippen LogP contribution in [0.5, 0.6) is 28.7 Å². The van der Waals surface area contributed by atoms with Gasteiger partial charge in [0.05, 0.1) is 39.7 Å². The number of benzene rings is 3. The first-order valence-electron chi connectivity index (χ1n) is 12.7. The van der Waals surface area contributed by atoms with Gasteiger partial charge in [0.2, 0.25) is 11.7 Å². The van der Waals surface area contributed by atoms with Crippen molar-refractivity contribution < 1.29 is 38.1 Å². The van der Waals surface area contributed by atoms with Gasteiger partial charge in [0.25, 0.3) is 5.91 Å². The maximum atomic E-state index is 13.0. The lowest BCUT2D eigenvalue weighted by molar-refractivity contribution is -0.118. The Labute approximate surface area is 238 Å². The van der Waals surface area contributed by atoms with Gasteiger partial charge in [-0.1, -0.05) is 13.8 Å². The Morgan fingerprint density at radius 1 is 0.829 bits per heavy atom. The molecule has 0 heterocycles. The standard InChI is InChI=1S/C30H33N3O8/c1-7-40-24-14-19(17-31-33-29(35)20-9-11-22(12-10-20)32-28(34)18(2)3)8-13-23(24)41-30(36)21-15-25(37-4)27(39-6)26(16-21)38-5/h8-18H,7H2,1-6H3,(H,32,34)(H,33,35)/b31-17+. The molecule has 3 rings (SSSR count). The number of nitrogens with zero attached hydrogens (tertiary/aromatic N) is 1. The molecule has 41 heavy (non-hydrogen) atoms. The van der Waals surface area contributed by atoms with Crippen molar-refractivity contribution >= 4 is 29.7 Å². The van der Waals surface area contributed by atoms with E-state index < -0.39 is 11.9 Å². The maximum Gasteiger partial charge on any atom is 0.343 e. The smallest absolute Gasteiger partial charge is 0.343 e. The summed E-state index contributed by atoms with van der Waals surface area (Å²) in [5, 5.41) is 6.78. The molecule has 11 heteroatoms. The first kappa shape index (κ1) is 30.5. The van der Waals surface area contributed by atoms with Gasteiger partial charge >= 0.3 is 5.97 Å². The molecule has 0 bridgehead atoms. The van der Waals surface area contributed by atoms with Gasteiger partial charge in [0.1, 0.15) is 0 Å². The highest BCUT2D eigenvalue weighted by Crippen LogP contribution is 2.39. The summed E-state index contributed by atoms with van der Waals surface area (Å²) in [6, 6.07) is 14.3. The van der Waals surface area contributed by atoms with Crippen molar-refractivity contribution in [3.8, 4) is 28.7 Å². The zero-order valence-corrected chi connectivity index (χ0v) is 23.8. The summed E-state index contributed by atoms with van der Waals surface area (Å²) in [6.07, 6.45) is 1.43. The predicted octanol–water partition coefficient (Wildman–Crippen LogP) is 4.69. The van der Waals surface area contributed by atoms with Crippen LogP contribution >= 0.6 is 0 Å². The number of hydrogen-bond acceptors (Lipinski definition) is 9. The number of amides is 2. The van der Waals surface area contributed by atoms with Crippen molar-refractivity contribution in [2.24, 2.45) is 11.0 Å². The molecule has 0 saturated carbocycles. The lowest BCUT2D eigenvalue weighted by Crippen LogP contribution is -2.19. The molecule has 2 N–H and O–H groups in total. The van der Waals surface area contributed by atoms with Crippen LogP contribution in [0, 0.1) is 5.92 Å². The Balaban J connectivity index is 1.70. The molecule has 3 aromatic rings. The fourth-order valence-electron chi connectivity index (χ4n) is 3.54. The molecule has 3 aromatic carbocycles. The average molecular weight is 564 g/mol. The summed E-state index contributed by atoms with van der Waals surface area (Å²) in [4.78, 5) is 37.2. The van der Waals surface area contributed by atoms with E-state index in [-0.39, 0.29) is 23.1 Å². The molecule has 0 fully saturated rings. The SMILES string of the molecule is CCOc1cc(/C=N/NC(=O)c2ccc(NC(=O)C(C)C)cc2)ccc1OC(=O)c1cc(OC)c(OC)c(OC)c1. The van der Waals surface area contributed by atoms with E-state index in [1.165, 1.54) is 39.7 Å². The molecular weight excluding hydrogens is 530 g/mol. The molecule has 0 saturated heterocycles. The molecule has 0 aliphatic carbocycles. The van der Waals surface area contributed by atoms with E-state index in [0.29, 0.717) is 46.4 Å². The van der Waals surface area contributed by atoms with Gasteiger partial charge in [-0.15, -0.1) is 0 Å². The number of hydrogen-bond donors (Lipinski definition) is 2. The Kier molecular flexibility index (Phi) is 10.7. The summed E-state index contributed by atoms with van der Waals surface area (Å²) in [5.41, 5.74) is 4.20. The molecule has 0 aliphatic rings. The topological polar surface area (TPSA) is 134 Å². The minimum atomic E-state index is -0.659. The summed E-state index contributed by atoms with van der Waals surface area (Å²) in [7, 11) is 4.37. The summed E-state index contributed by atoms with van der Waals surface area (Å²) in [6.45, 7) is 5.71. The Morgan fingerprint density at radius 3 is 2.05 bits per heavy atom. The third-order valence-corrected chi connectivity index (χ3v) is 5.69. The number of nitrogens with one attached hydrogen (secondary N) is 2. The largest absolute Gasteiger partial charge is 0.493 e. The van der Waals surface area contributed by atoms with Crippen LogP contribution in [0.1, 0.15) is 47.1 Å². The molecule has 0 aliphatic heterocycles. The molecule has 216 valence electrons. The van der Waals surface area contributed by atoms with Crippen molar-refractivity contribution in [2.45, 2.75) is 20.8 Å². The second kappa shape index (κ2) is 14.4. The maximum absolute atomic E-state index is 13.0. The first-order chi connectivity index (χ1) is 19.7. The van der Waals surface area contributed by atoms with Gasteiger partial charge < -0.3 is 29.0 Å². The zero-order chi connectivity index (χ0) is 29.9. The van der Waals surface area contributed by atoms with Crippen LogP contribution in [0.15, 0.2) is 59.7 Å². The third kappa shape index (κ3) is 7.98. The van der Waals surface area contributed by atoms with Crippen molar-refractivity contribution in [1.29, 1.82) is 0 Å². The molecular formula is C30H33N3O8. The lowest BCUT2D eigenvalue weighted by Gasteiger charge is -2.15. The Bertz CT molecular complexity index is 1390. The van der Waals surface area contributed by atoms with Crippen LogP contribution in [-0.4, -0.2) is 51.9 Å². The second-order valence-electron chi connectivity index (χ2n) is 8.86. The Hall–Kier alpha value is -5.06. The summed E-state index contributed by atoms with van der Waals surface area (Å²) >= 11 is 0.